The molecule has 0 saturated carbocycles. The molecule has 0 atom stereocenters. The SMILES string of the molecule is CC(C)NC(=O)NC(=O)CO. The topological polar surface area (TPSA) is 78.4 Å². The number of aliphatic hydroxyl groups excluding tert-OH is 1. The lowest BCUT2D eigenvalue weighted by Gasteiger charge is -2.07. The van der Waals surface area contributed by atoms with Crippen molar-refractivity contribution in [1.29, 1.82) is 0 Å². The third-order valence-corrected chi connectivity index (χ3v) is 0.816. The summed E-state index contributed by atoms with van der Waals surface area (Å²) in [7, 11) is 0. The van der Waals surface area contributed by atoms with Crippen molar-refractivity contribution in [2.75, 3.05) is 6.61 Å². The van der Waals surface area contributed by atoms with Crippen LogP contribution in [-0.2, 0) is 4.79 Å². The number of carbonyl (C=O) groups excluding carboxylic acids is 2. The van der Waals surface area contributed by atoms with Crippen LogP contribution >= 0.6 is 0 Å². The lowest BCUT2D eigenvalue weighted by atomic mass is 10.4. The van der Waals surface area contributed by atoms with E-state index in [-0.39, 0.29) is 6.04 Å². The fourth-order valence-electron chi connectivity index (χ4n) is 0.464. The van der Waals surface area contributed by atoms with E-state index >= 15 is 0 Å². The van der Waals surface area contributed by atoms with Gasteiger partial charge in [-0.1, -0.05) is 0 Å². The van der Waals surface area contributed by atoms with Crippen LogP contribution in [0.5, 0.6) is 0 Å². The van der Waals surface area contributed by atoms with Gasteiger partial charge in [0.15, 0.2) is 0 Å². The summed E-state index contributed by atoms with van der Waals surface area (Å²) in [6, 6.07) is -0.611. The zero-order chi connectivity index (χ0) is 8.85. The van der Waals surface area contributed by atoms with E-state index in [4.69, 9.17) is 5.11 Å². The molecular weight excluding hydrogens is 148 g/mol. The van der Waals surface area contributed by atoms with Crippen molar-refractivity contribution in [1.82, 2.24) is 10.6 Å². The second-order valence-corrected chi connectivity index (χ2v) is 2.33. The molecule has 0 unspecified atom stereocenters. The van der Waals surface area contributed by atoms with Crippen LogP contribution in [0, 0.1) is 0 Å². The number of rotatable bonds is 2. The number of carbonyl (C=O) groups is 2. The Balaban J connectivity index is 3.61. The Morgan fingerprint density at radius 1 is 1.45 bits per heavy atom. The Morgan fingerprint density at radius 3 is 2.36 bits per heavy atom. The fraction of sp³-hybridized carbons (Fsp3) is 0.667. The summed E-state index contributed by atoms with van der Waals surface area (Å²) in [6.07, 6.45) is 0. The van der Waals surface area contributed by atoms with E-state index < -0.39 is 18.5 Å². The largest absolute Gasteiger partial charge is 0.387 e. The molecule has 0 fully saturated rings. The van der Waals surface area contributed by atoms with Gasteiger partial charge in [-0.3, -0.25) is 10.1 Å². The number of nitrogens with one attached hydrogen (secondary N) is 2. The molecule has 0 aliphatic heterocycles. The average molecular weight is 160 g/mol. The number of aliphatic hydroxyl groups is 1. The third kappa shape index (κ3) is 5.35. The van der Waals surface area contributed by atoms with Gasteiger partial charge < -0.3 is 10.4 Å². The second kappa shape index (κ2) is 4.68. The molecule has 0 radical (unpaired) electrons. The number of hydrogen-bond acceptors (Lipinski definition) is 3. The molecule has 0 bridgehead atoms. The zero-order valence-electron chi connectivity index (χ0n) is 6.55. The van der Waals surface area contributed by atoms with Gasteiger partial charge in [-0.25, -0.2) is 4.79 Å². The molecule has 11 heavy (non-hydrogen) atoms. The summed E-state index contributed by atoms with van der Waals surface area (Å²) < 4.78 is 0. The van der Waals surface area contributed by atoms with Gasteiger partial charge in [0.2, 0.25) is 0 Å². The highest BCUT2D eigenvalue weighted by Crippen LogP contribution is 1.75. The van der Waals surface area contributed by atoms with Crippen LogP contribution in [-0.4, -0.2) is 29.7 Å². The van der Waals surface area contributed by atoms with E-state index in [0.29, 0.717) is 0 Å². The molecule has 3 N–H and O–H groups in total. The van der Waals surface area contributed by atoms with Gasteiger partial charge in [-0.15, -0.1) is 0 Å². The molecule has 0 aromatic heterocycles. The molecule has 0 rings (SSSR count). The van der Waals surface area contributed by atoms with Crippen molar-refractivity contribution >= 4 is 11.9 Å². The molecular formula is C6H12N2O3. The van der Waals surface area contributed by atoms with Gasteiger partial charge in [0.25, 0.3) is 5.91 Å². The Bertz CT molecular complexity index is 156. The van der Waals surface area contributed by atoms with E-state index in [9.17, 15) is 9.59 Å². The predicted molar refractivity (Wildman–Crippen MR) is 38.9 cm³/mol. The average Bonchev–Trinajstić information content (AvgIpc) is 1.85. The number of hydrogen-bond donors (Lipinski definition) is 3. The Morgan fingerprint density at radius 2 is 2.00 bits per heavy atom. The molecule has 0 spiro atoms. The first-order valence-electron chi connectivity index (χ1n) is 3.27. The van der Waals surface area contributed by atoms with E-state index in [1.165, 1.54) is 0 Å². The van der Waals surface area contributed by atoms with Crippen molar-refractivity contribution in [2.45, 2.75) is 19.9 Å². The Kier molecular flexibility index (Phi) is 4.21. The molecule has 5 nitrogen and oxygen atoms in total. The lowest BCUT2D eigenvalue weighted by Crippen LogP contribution is -2.43. The summed E-state index contributed by atoms with van der Waals surface area (Å²) in [6.45, 7) is 2.86. The van der Waals surface area contributed by atoms with Crippen molar-refractivity contribution in [3.8, 4) is 0 Å². The van der Waals surface area contributed by atoms with Crippen molar-refractivity contribution in [3.05, 3.63) is 0 Å². The van der Waals surface area contributed by atoms with Gasteiger partial charge in [-0.2, -0.15) is 0 Å². The molecule has 0 aliphatic rings. The molecule has 0 aromatic carbocycles. The van der Waals surface area contributed by atoms with Crippen LogP contribution in [0.2, 0.25) is 0 Å². The van der Waals surface area contributed by atoms with Gasteiger partial charge >= 0.3 is 6.03 Å². The van der Waals surface area contributed by atoms with Gasteiger partial charge in [0.05, 0.1) is 0 Å². The number of urea groups is 1. The normalized spacial score (nSPS) is 9.45. The van der Waals surface area contributed by atoms with Gasteiger partial charge in [0.1, 0.15) is 6.61 Å². The minimum Gasteiger partial charge on any atom is -0.387 e. The smallest absolute Gasteiger partial charge is 0.321 e. The molecule has 5 heteroatoms. The van der Waals surface area contributed by atoms with Crippen LogP contribution in [0.3, 0.4) is 0 Å². The molecule has 3 amide bonds. The van der Waals surface area contributed by atoms with Crippen LogP contribution in [0.25, 0.3) is 0 Å². The molecule has 0 aromatic rings. The molecule has 64 valence electrons. The first-order valence-corrected chi connectivity index (χ1v) is 3.27. The summed E-state index contributed by atoms with van der Waals surface area (Å²) >= 11 is 0. The summed E-state index contributed by atoms with van der Waals surface area (Å²) in [5.74, 6) is -0.705. The van der Waals surface area contributed by atoms with E-state index in [1.807, 2.05) is 5.32 Å². The quantitative estimate of drug-likeness (QED) is 0.495. The molecule has 0 heterocycles. The minimum atomic E-state index is -0.705. The predicted octanol–water partition coefficient (Wildman–Crippen LogP) is -0.787. The lowest BCUT2D eigenvalue weighted by molar-refractivity contribution is -0.122. The van der Waals surface area contributed by atoms with Gasteiger partial charge in [-0.05, 0) is 13.8 Å². The van der Waals surface area contributed by atoms with E-state index in [1.54, 1.807) is 13.8 Å². The maximum atomic E-state index is 10.7. The first kappa shape index (κ1) is 9.90. The number of amides is 3. The summed E-state index contributed by atoms with van der Waals surface area (Å²) in [4.78, 5) is 21.1. The van der Waals surface area contributed by atoms with Gasteiger partial charge in [0, 0.05) is 6.04 Å². The summed E-state index contributed by atoms with van der Waals surface area (Å²) in [5.41, 5.74) is 0. The Labute approximate surface area is 64.8 Å². The first-order chi connectivity index (χ1) is 5.06. The van der Waals surface area contributed by atoms with E-state index in [2.05, 4.69) is 5.32 Å². The Hall–Kier alpha value is -1.10. The monoisotopic (exact) mass is 160 g/mol. The van der Waals surface area contributed by atoms with Crippen molar-refractivity contribution in [3.63, 3.8) is 0 Å². The second-order valence-electron chi connectivity index (χ2n) is 2.33. The molecule has 0 saturated heterocycles. The fourth-order valence-corrected chi connectivity index (χ4v) is 0.464. The standard InChI is InChI=1S/C6H12N2O3/c1-4(2)7-6(11)8-5(10)3-9/h4,9H,3H2,1-2H3,(H2,7,8,10,11). The highest BCUT2D eigenvalue weighted by molar-refractivity contribution is 5.94. The molecule has 0 aliphatic carbocycles. The maximum absolute atomic E-state index is 10.7. The highest BCUT2D eigenvalue weighted by Gasteiger charge is 2.05. The third-order valence-electron chi connectivity index (χ3n) is 0.816. The van der Waals surface area contributed by atoms with Crippen molar-refractivity contribution < 1.29 is 14.7 Å². The maximum Gasteiger partial charge on any atom is 0.321 e. The minimum absolute atomic E-state index is 0.0264. The van der Waals surface area contributed by atoms with E-state index in [0.717, 1.165) is 0 Å². The van der Waals surface area contributed by atoms with Crippen molar-refractivity contribution in [2.24, 2.45) is 0 Å². The van der Waals surface area contributed by atoms with Crippen LogP contribution < -0.4 is 10.6 Å². The van der Waals surface area contributed by atoms with Crippen LogP contribution in [0.4, 0.5) is 4.79 Å². The number of imide groups is 1. The highest BCUT2D eigenvalue weighted by atomic mass is 16.3. The van der Waals surface area contributed by atoms with Crippen LogP contribution in [0.1, 0.15) is 13.8 Å². The van der Waals surface area contributed by atoms with Crippen LogP contribution in [0.15, 0.2) is 0 Å². The zero-order valence-corrected chi connectivity index (χ0v) is 6.55. The summed E-state index contributed by atoms with van der Waals surface area (Å²) in [5, 5.41) is 12.6.